The highest BCUT2D eigenvalue weighted by molar-refractivity contribution is 7.88. The van der Waals surface area contributed by atoms with Gasteiger partial charge in [-0.15, -0.1) is 0 Å². The summed E-state index contributed by atoms with van der Waals surface area (Å²) < 4.78 is 29.7. The lowest BCUT2D eigenvalue weighted by molar-refractivity contribution is -0.138. The van der Waals surface area contributed by atoms with E-state index in [4.69, 9.17) is 10.5 Å². The molecular weight excluding hydrogens is 286 g/mol. The number of carbonyl (C=O) groups is 1. The van der Waals surface area contributed by atoms with Crippen LogP contribution in [0.15, 0.2) is 0 Å². The Kier molecular flexibility index (Phi) is 5.14. The molecule has 1 fully saturated rings. The van der Waals surface area contributed by atoms with Gasteiger partial charge in [0.15, 0.2) is 0 Å². The molecule has 4 N–H and O–H groups in total. The average molecular weight is 309 g/mol. The molecule has 1 rings (SSSR count). The highest BCUT2D eigenvalue weighted by Gasteiger charge is 2.38. The second kappa shape index (κ2) is 5.94. The Labute approximate surface area is 119 Å². The predicted octanol–water partition coefficient (Wildman–Crippen LogP) is -2.14. The molecule has 9 heteroatoms. The second-order valence-electron chi connectivity index (χ2n) is 5.82. The summed E-state index contributed by atoms with van der Waals surface area (Å²) in [6, 6.07) is 0. The minimum atomic E-state index is -3.43. The molecule has 20 heavy (non-hydrogen) atoms. The molecule has 8 nitrogen and oxygen atoms in total. The van der Waals surface area contributed by atoms with Crippen LogP contribution in [0.25, 0.3) is 0 Å². The summed E-state index contributed by atoms with van der Waals surface area (Å²) in [4.78, 5) is 13.6. The lowest BCUT2D eigenvalue weighted by Crippen LogP contribution is -2.58. The van der Waals surface area contributed by atoms with Gasteiger partial charge in [0.05, 0.1) is 31.6 Å². The van der Waals surface area contributed by atoms with Crippen LogP contribution >= 0.6 is 0 Å². The van der Waals surface area contributed by atoms with E-state index in [0.29, 0.717) is 6.54 Å². The summed E-state index contributed by atoms with van der Waals surface area (Å²) in [6.07, 6.45) is 1.000. The Hall–Kier alpha value is -0.740. The number of ether oxygens (including phenoxy) is 1. The third-order valence-corrected chi connectivity index (χ3v) is 3.53. The van der Waals surface area contributed by atoms with Crippen LogP contribution in [-0.4, -0.2) is 74.6 Å². The zero-order chi connectivity index (χ0) is 15.6. The molecule has 0 unspecified atom stereocenters. The first-order valence-corrected chi connectivity index (χ1v) is 8.15. The molecule has 118 valence electrons. The number of aliphatic hydroxyl groups is 1. The SMILES string of the molecule is CC(C)(N)C(=O)N1CCOC[C@](O)(CNS(C)(=O)=O)C1. The maximum Gasteiger partial charge on any atom is 0.242 e. The van der Waals surface area contributed by atoms with Crippen molar-refractivity contribution in [3.63, 3.8) is 0 Å². The molecule has 0 bridgehead atoms. The van der Waals surface area contributed by atoms with Crippen LogP contribution in [0.5, 0.6) is 0 Å². The van der Waals surface area contributed by atoms with Crippen LogP contribution in [0, 0.1) is 0 Å². The molecule has 1 atom stereocenters. The van der Waals surface area contributed by atoms with E-state index in [1.165, 1.54) is 4.90 Å². The van der Waals surface area contributed by atoms with Crippen molar-refractivity contribution >= 4 is 15.9 Å². The Bertz CT molecular complexity index is 459. The van der Waals surface area contributed by atoms with Gasteiger partial charge in [0.1, 0.15) is 5.60 Å². The van der Waals surface area contributed by atoms with Gasteiger partial charge in [-0.25, -0.2) is 13.1 Å². The van der Waals surface area contributed by atoms with Crippen molar-refractivity contribution < 1.29 is 23.1 Å². The lowest BCUT2D eigenvalue weighted by atomic mass is 10.0. The highest BCUT2D eigenvalue weighted by Crippen LogP contribution is 2.15. The topological polar surface area (TPSA) is 122 Å². The van der Waals surface area contributed by atoms with Crippen LogP contribution in [0.2, 0.25) is 0 Å². The van der Waals surface area contributed by atoms with Crippen molar-refractivity contribution in [2.24, 2.45) is 5.73 Å². The third kappa shape index (κ3) is 5.33. The number of carbonyl (C=O) groups excluding carboxylic acids is 1. The number of sulfonamides is 1. The number of nitrogens with one attached hydrogen (secondary N) is 1. The molecule has 1 aliphatic rings. The molecule has 0 spiro atoms. The van der Waals surface area contributed by atoms with Crippen LogP contribution in [0.1, 0.15) is 13.8 Å². The lowest BCUT2D eigenvalue weighted by Gasteiger charge is -2.33. The van der Waals surface area contributed by atoms with Gasteiger partial charge in [0, 0.05) is 13.1 Å². The van der Waals surface area contributed by atoms with Crippen molar-refractivity contribution in [1.82, 2.24) is 9.62 Å². The maximum absolute atomic E-state index is 12.2. The minimum Gasteiger partial charge on any atom is -0.384 e. The zero-order valence-corrected chi connectivity index (χ0v) is 12.9. The van der Waals surface area contributed by atoms with E-state index in [1.807, 2.05) is 0 Å². The molecular formula is C11H23N3O5S. The van der Waals surface area contributed by atoms with E-state index in [1.54, 1.807) is 13.8 Å². The molecule has 1 amide bonds. The number of hydrogen-bond donors (Lipinski definition) is 3. The number of hydrogen-bond acceptors (Lipinski definition) is 6. The number of nitrogens with two attached hydrogens (primary N) is 1. The minimum absolute atomic E-state index is 0.0328. The molecule has 0 aromatic heterocycles. The zero-order valence-electron chi connectivity index (χ0n) is 12.0. The predicted molar refractivity (Wildman–Crippen MR) is 73.5 cm³/mol. The largest absolute Gasteiger partial charge is 0.384 e. The van der Waals surface area contributed by atoms with Gasteiger partial charge < -0.3 is 20.5 Å². The molecule has 0 saturated carbocycles. The second-order valence-corrected chi connectivity index (χ2v) is 7.65. The van der Waals surface area contributed by atoms with Gasteiger partial charge in [-0.2, -0.15) is 0 Å². The van der Waals surface area contributed by atoms with Crippen molar-refractivity contribution in [3.05, 3.63) is 0 Å². The van der Waals surface area contributed by atoms with Crippen LogP contribution in [-0.2, 0) is 19.6 Å². The molecule has 0 aromatic carbocycles. The number of amides is 1. The van der Waals surface area contributed by atoms with Gasteiger partial charge in [0.2, 0.25) is 15.9 Å². The van der Waals surface area contributed by atoms with E-state index < -0.39 is 21.2 Å². The molecule has 0 aliphatic carbocycles. The van der Waals surface area contributed by atoms with Crippen molar-refractivity contribution in [1.29, 1.82) is 0 Å². The highest BCUT2D eigenvalue weighted by atomic mass is 32.2. The van der Waals surface area contributed by atoms with Crippen molar-refractivity contribution in [3.8, 4) is 0 Å². The summed E-state index contributed by atoms with van der Waals surface area (Å²) in [5.74, 6) is -0.319. The van der Waals surface area contributed by atoms with Gasteiger partial charge >= 0.3 is 0 Å². The Morgan fingerprint density at radius 1 is 1.55 bits per heavy atom. The van der Waals surface area contributed by atoms with E-state index >= 15 is 0 Å². The van der Waals surface area contributed by atoms with Crippen LogP contribution in [0.4, 0.5) is 0 Å². The van der Waals surface area contributed by atoms with E-state index in [2.05, 4.69) is 4.72 Å². The molecule has 1 aliphatic heterocycles. The first-order chi connectivity index (χ1) is 8.93. The number of rotatable bonds is 4. The monoisotopic (exact) mass is 309 g/mol. The summed E-state index contributed by atoms with van der Waals surface area (Å²) >= 11 is 0. The number of nitrogens with zero attached hydrogens (tertiary/aromatic N) is 1. The Balaban J connectivity index is 2.80. The summed E-state index contributed by atoms with van der Waals surface area (Å²) in [5.41, 5.74) is 3.24. The van der Waals surface area contributed by atoms with Crippen LogP contribution < -0.4 is 10.5 Å². The van der Waals surface area contributed by atoms with Gasteiger partial charge in [-0.05, 0) is 13.8 Å². The average Bonchev–Trinajstić information content (AvgIpc) is 2.46. The van der Waals surface area contributed by atoms with E-state index in [0.717, 1.165) is 6.26 Å². The summed E-state index contributed by atoms with van der Waals surface area (Å²) in [6.45, 7) is 3.42. The molecule has 1 heterocycles. The van der Waals surface area contributed by atoms with Gasteiger partial charge in [-0.1, -0.05) is 0 Å². The summed E-state index contributed by atoms with van der Waals surface area (Å²) in [7, 11) is -3.43. The van der Waals surface area contributed by atoms with Gasteiger partial charge in [-0.3, -0.25) is 4.79 Å². The van der Waals surface area contributed by atoms with E-state index in [-0.39, 0.29) is 32.2 Å². The molecule has 0 radical (unpaired) electrons. The fourth-order valence-corrected chi connectivity index (χ4v) is 2.40. The first-order valence-electron chi connectivity index (χ1n) is 6.26. The van der Waals surface area contributed by atoms with E-state index in [9.17, 15) is 18.3 Å². The Morgan fingerprint density at radius 3 is 2.65 bits per heavy atom. The third-order valence-electron chi connectivity index (χ3n) is 2.86. The maximum atomic E-state index is 12.2. The molecule has 0 aromatic rings. The summed E-state index contributed by atoms with van der Waals surface area (Å²) in [5, 5.41) is 10.4. The van der Waals surface area contributed by atoms with Crippen LogP contribution in [0.3, 0.4) is 0 Å². The Morgan fingerprint density at radius 2 is 2.15 bits per heavy atom. The first kappa shape index (κ1) is 17.3. The van der Waals surface area contributed by atoms with Gasteiger partial charge in [0.25, 0.3) is 0 Å². The van der Waals surface area contributed by atoms with Crippen molar-refractivity contribution in [2.75, 3.05) is 39.1 Å². The quantitative estimate of drug-likeness (QED) is 0.545. The smallest absolute Gasteiger partial charge is 0.242 e. The standard InChI is InChI=1S/C11H23N3O5S/c1-10(2,12)9(15)14-4-5-19-8-11(16,7-14)6-13-20(3,17)18/h13,16H,4-8,12H2,1-3H3/t11-/m0/s1. The normalized spacial score (nSPS) is 25.4. The molecule has 1 saturated heterocycles. The fourth-order valence-electron chi connectivity index (χ4n) is 1.87. The number of β-amino-alcohol motifs (C(OH)–C–C–N with tert-alkyl or cyclic N) is 1. The van der Waals surface area contributed by atoms with Crippen molar-refractivity contribution in [2.45, 2.75) is 25.0 Å². The fraction of sp³-hybridized carbons (Fsp3) is 0.909.